The van der Waals surface area contributed by atoms with Crippen LogP contribution >= 0.6 is 24.0 Å². The van der Waals surface area contributed by atoms with E-state index >= 15 is 0 Å². The highest BCUT2D eigenvalue weighted by molar-refractivity contribution is 14.0. The molecule has 2 N–H and O–H groups in total. The number of ether oxygens (including phenoxy) is 3. The molecule has 0 heterocycles. The number of hydrogen-bond acceptors (Lipinski definition) is 5. The number of halogens is 1. The first-order valence-corrected chi connectivity index (χ1v) is 9.33. The van der Waals surface area contributed by atoms with Gasteiger partial charge in [-0.2, -0.15) is 0 Å². The van der Waals surface area contributed by atoms with E-state index in [1.807, 2.05) is 39.0 Å². The molecule has 0 spiro atoms. The van der Waals surface area contributed by atoms with Crippen molar-refractivity contribution >= 4 is 35.9 Å². The molecule has 1 aromatic rings. The Morgan fingerprint density at radius 1 is 1.21 bits per heavy atom. The molecule has 0 aliphatic carbocycles. The van der Waals surface area contributed by atoms with Gasteiger partial charge in [0.25, 0.3) is 0 Å². The molecule has 0 amide bonds. The summed E-state index contributed by atoms with van der Waals surface area (Å²) in [5, 5.41) is 6.36. The van der Waals surface area contributed by atoms with Crippen molar-refractivity contribution in [1.82, 2.24) is 10.6 Å². The highest BCUT2D eigenvalue weighted by Gasteiger charge is 2.13. The predicted octanol–water partition coefficient (Wildman–Crippen LogP) is 2.89. The fraction of sp³-hybridized carbons (Fsp3) is 0.600. The first kappa shape index (κ1) is 26.4. The van der Waals surface area contributed by atoms with Crippen LogP contribution in [0, 0.1) is 12.8 Å². The van der Waals surface area contributed by atoms with Gasteiger partial charge in [-0.15, -0.1) is 24.0 Å². The van der Waals surface area contributed by atoms with Gasteiger partial charge >= 0.3 is 5.97 Å². The Hall–Kier alpha value is -1.55. The minimum absolute atomic E-state index is 0. The Labute approximate surface area is 185 Å². The molecule has 0 aromatic heterocycles. The van der Waals surface area contributed by atoms with Gasteiger partial charge in [0.15, 0.2) is 5.96 Å². The average molecular weight is 507 g/mol. The van der Waals surface area contributed by atoms with Crippen LogP contribution in [-0.4, -0.2) is 52.5 Å². The van der Waals surface area contributed by atoms with E-state index in [0.29, 0.717) is 32.3 Å². The van der Waals surface area contributed by atoms with E-state index in [1.54, 1.807) is 7.11 Å². The Kier molecular flexibility index (Phi) is 14.5. The van der Waals surface area contributed by atoms with E-state index in [1.165, 1.54) is 7.11 Å². The van der Waals surface area contributed by atoms with E-state index in [4.69, 9.17) is 14.2 Å². The fourth-order valence-corrected chi connectivity index (χ4v) is 2.35. The van der Waals surface area contributed by atoms with Crippen LogP contribution in [0.2, 0.25) is 0 Å². The summed E-state index contributed by atoms with van der Waals surface area (Å²) in [6.45, 7) is 8.77. The molecule has 1 aromatic carbocycles. The van der Waals surface area contributed by atoms with E-state index < -0.39 is 0 Å². The second-order valence-electron chi connectivity index (χ2n) is 6.31. The maximum absolute atomic E-state index is 11.5. The number of nitrogens with zero attached hydrogens (tertiary/aromatic N) is 1. The lowest BCUT2D eigenvalue weighted by molar-refractivity contribution is -0.144. The first-order valence-electron chi connectivity index (χ1n) is 9.33. The van der Waals surface area contributed by atoms with Gasteiger partial charge in [0, 0.05) is 38.8 Å². The van der Waals surface area contributed by atoms with Gasteiger partial charge in [0.05, 0.1) is 26.2 Å². The third-order valence-electron chi connectivity index (χ3n) is 3.90. The third-order valence-corrected chi connectivity index (χ3v) is 3.90. The Morgan fingerprint density at radius 3 is 2.61 bits per heavy atom. The molecule has 1 atom stereocenters. The number of aliphatic imine (C=N–C) groups is 1. The zero-order valence-corrected chi connectivity index (χ0v) is 19.9. The topological polar surface area (TPSA) is 81.2 Å². The highest BCUT2D eigenvalue weighted by Crippen LogP contribution is 2.21. The number of methoxy groups -OCH3 is 2. The van der Waals surface area contributed by atoms with E-state index in [0.717, 1.165) is 29.8 Å². The largest absolute Gasteiger partial charge is 0.493 e. The monoisotopic (exact) mass is 507 g/mol. The summed E-state index contributed by atoms with van der Waals surface area (Å²) in [5.74, 6) is 0.995. The van der Waals surface area contributed by atoms with Crippen molar-refractivity contribution in [1.29, 1.82) is 0 Å². The number of hydrogen-bond donors (Lipinski definition) is 2. The lowest BCUT2D eigenvalue weighted by atomic mass is 10.1. The Morgan fingerprint density at radius 2 is 1.96 bits per heavy atom. The van der Waals surface area contributed by atoms with Crippen LogP contribution in [-0.2, 0) is 20.8 Å². The molecular formula is C20H34IN3O4. The molecular weight excluding hydrogens is 473 g/mol. The highest BCUT2D eigenvalue weighted by atomic mass is 127. The first-order chi connectivity index (χ1) is 13.0. The molecule has 0 saturated carbocycles. The molecule has 0 saturated heterocycles. The molecule has 0 aliphatic heterocycles. The number of aryl methyl sites for hydroxylation is 1. The molecule has 0 fully saturated rings. The summed E-state index contributed by atoms with van der Waals surface area (Å²) in [5.41, 5.74) is 2.15. The van der Waals surface area contributed by atoms with Crippen molar-refractivity contribution in [3.63, 3.8) is 0 Å². The minimum Gasteiger partial charge on any atom is -0.493 e. The summed E-state index contributed by atoms with van der Waals surface area (Å²) in [6.07, 6.45) is 0.836. The van der Waals surface area contributed by atoms with E-state index in [9.17, 15) is 4.79 Å². The second-order valence-corrected chi connectivity index (χ2v) is 6.31. The quantitative estimate of drug-likeness (QED) is 0.158. The van der Waals surface area contributed by atoms with Crippen LogP contribution in [0.4, 0.5) is 0 Å². The van der Waals surface area contributed by atoms with Gasteiger partial charge in [-0.25, -0.2) is 4.99 Å². The van der Waals surface area contributed by atoms with Crippen LogP contribution in [0.25, 0.3) is 0 Å². The smallest absolute Gasteiger partial charge is 0.310 e. The standard InChI is InChI=1S/C20H33N3O4.HI/c1-6-21-20(22-13-16(3)19(24)26-5)23-14-17-9-8-15(2)12-18(17)27-11-7-10-25-4;/h8-9,12,16H,6-7,10-11,13-14H2,1-5H3,(H2,21,22,23);1H. The lowest BCUT2D eigenvalue weighted by Gasteiger charge is -2.15. The molecule has 1 unspecified atom stereocenters. The van der Waals surface area contributed by atoms with Crippen LogP contribution in [0.3, 0.4) is 0 Å². The summed E-state index contributed by atoms with van der Waals surface area (Å²) in [6, 6.07) is 6.11. The van der Waals surface area contributed by atoms with Crippen molar-refractivity contribution < 1.29 is 19.0 Å². The molecule has 160 valence electrons. The average Bonchev–Trinajstić information content (AvgIpc) is 2.67. The SMILES string of the molecule is CCNC(=NCc1ccc(C)cc1OCCCOC)NCC(C)C(=O)OC.I. The molecule has 0 aliphatic rings. The van der Waals surface area contributed by atoms with Crippen molar-refractivity contribution in [2.45, 2.75) is 33.7 Å². The summed E-state index contributed by atoms with van der Waals surface area (Å²) in [7, 11) is 3.08. The van der Waals surface area contributed by atoms with Crippen LogP contribution in [0.5, 0.6) is 5.75 Å². The number of carbonyl (C=O) groups is 1. The van der Waals surface area contributed by atoms with Crippen LogP contribution in [0.15, 0.2) is 23.2 Å². The molecule has 0 bridgehead atoms. The zero-order chi connectivity index (χ0) is 20.1. The van der Waals surface area contributed by atoms with Crippen molar-refractivity contribution in [3.05, 3.63) is 29.3 Å². The number of guanidine groups is 1. The summed E-state index contributed by atoms with van der Waals surface area (Å²) < 4.78 is 15.7. The van der Waals surface area contributed by atoms with Crippen molar-refractivity contribution in [2.75, 3.05) is 40.5 Å². The van der Waals surface area contributed by atoms with Gasteiger partial charge in [-0.05, 0) is 25.5 Å². The lowest BCUT2D eigenvalue weighted by Crippen LogP contribution is -2.40. The molecule has 7 nitrogen and oxygen atoms in total. The molecule has 1 rings (SSSR count). The maximum atomic E-state index is 11.5. The molecule has 8 heteroatoms. The predicted molar refractivity (Wildman–Crippen MR) is 123 cm³/mol. The number of rotatable bonds is 11. The van der Waals surface area contributed by atoms with Crippen molar-refractivity contribution in [2.24, 2.45) is 10.9 Å². The number of esters is 1. The molecule has 0 radical (unpaired) electrons. The number of nitrogens with one attached hydrogen (secondary N) is 2. The second kappa shape index (κ2) is 15.4. The maximum Gasteiger partial charge on any atom is 0.310 e. The van der Waals surface area contributed by atoms with E-state index in [-0.39, 0.29) is 35.9 Å². The molecule has 28 heavy (non-hydrogen) atoms. The number of carbonyl (C=O) groups excluding carboxylic acids is 1. The normalized spacial score (nSPS) is 12.0. The number of benzene rings is 1. The van der Waals surface area contributed by atoms with Gasteiger partial charge in [0.2, 0.25) is 0 Å². The van der Waals surface area contributed by atoms with Gasteiger partial charge < -0.3 is 24.8 Å². The van der Waals surface area contributed by atoms with E-state index in [2.05, 4.69) is 15.6 Å². The van der Waals surface area contributed by atoms with Crippen molar-refractivity contribution in [3.8, 4) is 5.75 Å². The fourth-order valence-electron chi connectivity index (χ4n) is 2.35. The van der Waals surface area contributed by atoms with Gasteiger partial charge in [0.1, 0.15) is 5.75 Å². The Bertz CT molecular complexity index is 611. The van der Waals surface area contributed by atoms with Gasteiger partial charge in [-0.1, -0.05) is 19.1 Å². The summed E-state index contributed by atoms with van der Waals surface area (Å²) in [4.78, 5) is 16.2. The minimum atomic E-state index is -0.252. The Balaban J connectivity index is 0.00000729. The third kappa shape index (κ3) is 10.1. The summed E-state index contributed by atoms with van der Waals surface area (Å²) >= 11 is 0. The van der Waals surface area contributed by atoms with Crippen LogP contribution < -0.4 is 15.4 Å². The van der Waals surface area contributed by atoms with Crippen LogP contribution in [0.1, 0.15) is 31.4 Å². The van der Waals surface area contributed by atoms with Gasteiger partial charge in [-0.3, -0.25) is 4.79 Å². The zero-order valence-electron chi connectivity index (χ0n) is 17.5.